The van der Waals surface area contributed by atoms with Gasteiger partial charge in [0.2, 0.25) is 0 Å². The first-order valence-corrected chi connectivity index (χ1v) is 5.78. The Bertz CT molecular complexity index is 540. The molecule has 1 aliphatic heterocycles. The van der Waals surface area contributed by atoms with Crippen LogP contribution in [0.1, 0.15) is 0 Å². The maximum Gasteiger partial charge on any atom is 0.329 e. The number of hydrazine groups is 1. The number of nitrogens with two attached hydrogens (primary N) is 1. The zero-order valence-corrected chi connectivity index (χ0v) is 10.6. The summed E-state index contributed by atoms with van der Waals surface area (Å²) in [5.41, 5.74) is 7.98. The number of nitrogens with one attached hydrogen (secondary N) is 2. The molecule has 1 fully saturated rings. The lowest BCUT2D eigenvalue weighted by atomic mass is 10.4. The van der Waals surface area contributed by atoms with Crippen LogP contribution >= 0.6 is 0 Å². The van der Waals surface area contributed by atoms with Crippen LogP contribution in [0.2, 0.25) is 0 Å². The Morgan fingerprint density at radius 1 is 1.17 bits per heavy atom. The number of piperazine rings is 1. The van der Waals surface area contributed by atoms with Crippen molar-refractivity contribution in [2.24, 2.45) is 7.05 Å². The van der Waals surface area contributed by atoms with E-state index in [0.717, 1.165) is 26.2 Å². The maximum absolute atomic E-state index is 11.7. The van der Waals surface area contributed by atoms with Crippen molar-refractivity contribution in [1.82, 2.24) is 19.5 Å². The van der Waals surface area contributed by atoms with E-state index < -0.39 is 11.2 Å². The van der Waals surface area contributed by atoms with Gasteiger partial charge in [-0.15, -0.1) is 0 Å². The van der Waals surface area contributed by atoms with Gasteiger partial charge in [-0.05, 0) is 7.05 Å². The van der Waals surface area contributed by atoms with E-state index in [2.05, 4.69) is 15.3 Å². The fourth-order valence-corrected chi connectivity index (χ4v) is 1.82. The van der Waals surface area contributed by atoms with Crippen LogP contribution in [0.4, 0.5) is 11.5 Å². The summed E-state index contributed by atoms with van der Waals surface area (Å²) < 4.78 is 1.21. The highest BCUT2D eigenvalue weighted by molar-refractivity contribution is 5.59. The molecule has 0 amide bonds. The molecular weight excluding hydrogens is 236 g/mol. The number of anilines is 2. The van der Waals surface area contributed by atoms with Gasteiger partial charge in [0.25, 0.3) is 5.56 Å². The van der Waals surface area contributed by atoms with Crippen molar-refractivity contribution in [3.8, 4) is 0 Å². The minimum Gasteiger partial charge on any atom is -0.383 e. The Labute approximate surface area is 104 Å². The zero-order chi connectivity index (χ0) is 13.3. The van der Waals surface area contributed by atoms with Crippen LogP contribution in [-0.4, -0.2) is 52.7 Å². The summed E-state index contributed by atoms with van der Waals surface area (Å²) in [5, 5.41) is 1.92. The third-order valence-electron chi connectivity index (χ3n) is 3.14. The molecule has 1 aliphatic rings. The average Bonchev–Trinajstić information content (AvgIpc) is 2.34. The van der Waals surface area contributed by atoms with E-state index >= 15 is 0 Å². The van der Waals surface area contributed by atoms with Crippen molar-refractivity contribution in [1.29, 1.82) is 0 Å². The molecule has 0 aromatic carbocycles. The monoisotopic (exact) mass is 254 g/mol. The summed E-state index contributed by atoms with van der Waals surface area (Å²) >= 11 is 0. The molecule has 2 rings (SSSR count). The summed E-state index contributed by atoms with van der Waals surface area (Å²) in [6.45, 7) is 3.41. The molecule has 0 spiro atoms. The number of rotatable bonds is 2. The van der Waals surface area contributed by atoms with E-state index in [1.807, 2.05) is 12.1 Å². The second-order valence-electron chi connectivity index (χ2n) is 4.48. The van der Waals surface area contributed by atoms with E-state index in [4.69, 9.17) is 5.73 Å². The average molecular weight is 254 g/mol. The lowest BCUT2D eigenvalue weighted by Gasteiger charge is -2.33. The Hall–Kier alpha value is -1.80. The number of nitrogens with zero attached hydrogens (tertiary/aromatic N) is 3. The zero-order valence-electron chi connectivity index (χ0n) is 10.6. The highest BCUT2D eigenvalue weighted by Gasteiger charge is 2.17. The molecule has 1 aromatic rings. The van der Waals surface area contributed by atoms with Crippen molar-refractivity contribution in [2.75, 3.05) is 44.4 Å². The topological polar surface area (TPSA) is 99.4 Å². The lowest BCUT2D eigenvalue weighted by molar-refractivity contribution is 0.179. The highest BCUT2D eigenvalue weighted by Crippen LogP contribution is 2.10. The second-order valence-corrected chi connectivity index (χ2v) is 4.48. The summed E-state index contributed by atoms with van der Waals surface area (Å²) in [6, 6.07) is 0. The maximum atomic E-state index is 11.7. The van der Waals surface area contributed by atoms with Crippen LogP contribution in [0.5, 0.6) is 0 Å². The number of hydrogen-bond acceptors (Lipinski definition) is 6. The molecule has 1 aromatic heterocycles. The van der Waals surface area contributed by atoms with Gasteiger partial charge in [0.15, 0.2) is 5.69 Å². The quantitative estimate of drug-likeness (QED) is 0.577. The molecule has 1 saturated heterocycles. The van der Waals surface area contributed by atoms with Gasteiger partial charge in [-0.25, -0.2) is 9.80 Å². The lowest BCUT2D eigenvalue weighted by Crippen LogP contribution is -2.48. The van der Waals surface area contributed by atoms with Crippen molar-refractivity contribution >= 4 is 11.5 Å². The van der Waals surface area contributed by atoms with Crippen LogP contribution in [0.15, 0.2) is 9.59 Å². The predicted molar refractivity (Wildman–Crippen MR) is 69.4 cm³/mol. The Morgan fingerprint density at radius 2 is 1.78 bits per heavy atom. The smallest absolute Gasteiger partial charge is 0.329 e. The number of nitrogen functional groups attached to an aromatic ring is 1. The van der Waals surface area contributed by atoms with E-state index in [1.54, 1.807) is 0 Å². The minimum atomic E-state index is -0.513. The van der Waals surface area contributed by atoms with Crippen LogP contribution in [-0.2, 0) is 7.05 Å². The molecule has 8 heteroatoms. The normalized spacial score (nSPS) is 17.9. The fourth-order valence-electron chi connectivity index (χ4n) is 1.82. The van der Waals surface area contributed by atoms with Gasteiger partial charge in [0.1, 0.15) is 5.82 Å². The molecule has 0 atom stereocenters. The first-order chi connectivity index (χ1) is 8.49. The Balaban J connectivity index is 2.22. The van der Waals surface area contributed by atoms with Crippen LogP contribution in [0, 0.1) is 0 Å². The standard InChI is InChI=1S/C10H18N6O2/c1-14-3-5-16(6-4-14)13-7-8(11)15(2)10(18)12-9(7)17/h13H,3-6,11H2,1-2H3,(H,12,17,18). The summed E-state index contributed by atoms with van der Waals surface area (Å²) in [7, 11) is 3.56. The summed E-state index contributed by atoms with van der Waals surface area (Å²) in [4.78, 5) is 27.4. The molecule has 0 aliphatic carbocycles. The largest absolute Gasteiger partial charge is 0.383 e. The molecule has 18 heavy (non-hydrogen) atoms. The van der Waals surface area contributed by atoms with Crippen molar-refractivity contribution < 1.29 is 0 Å². The van der Waals surface area contributed by atoms with E-state index in [0.29, 0.717) is 0 Å². The number of H-pyrrole nitrogens is 1. The SMILES string of the molecule is CN1CCN(Nc2c(N)n(C)c(=O)[nH]c2=O)CC1. The van der Waals surface area contributed by atoms with Gasteiger partial charge in [-0.2, -0.15) is 0 Å². The molecule has 4 N–H and O–H groups in total. The van der Waals surface area contributed by atoms with Crippen LogP contribution in [0.25, 0.3) is 0 Å². The fraction of sp³-hybridized carbons (Fsp3) is 0.600. The summed E-state index contributed by atoms with van der Waals surface area (Å²) in [5.74, 6) is 0.141. The Morgan fingerprint density at radius 3 is 2.39 bits per heavy atom. The molecule has 0 bridgehead atoms. The molecule has 0 unspecified atom stereocenters. The predicted octanol–water partition coefficient (Wildman–Crippen LogP) is -1.77. The van der Waals surface area contributed by atoms with Gasteiger partial charge in [-0.1, -0.05) is 0 Å². The highest BCUT2D eigenvalue weighted by atomic mass is 16.2. The summed E-state index contributed by atoms with van der Waals surface area (Å²) in [6.07, 6.45) is 0. The number of likely N-dealkylation sites (N-methyl/N-ethyl adjacent to an activating group) is 1. The molecule has 100 valence electrons. The molecule has 0 radical (unpaired) electrons. The van der Waals surface area contributed by atoms with Gasteiger partial charge < -0.3 is 16.1 Å². The Kier molecular flexibility index (Phi) is 3.39. The molecule has 8 nitrogen and oxygen atoms in total. The van der Waals surface area contributed by atoms with Gasteiger partial charge in [0.05, 0.1) is 0 Å². The van der Waals surface area contributed by atoms with Crippen molar-refractivity contribution in [2.45, 2.75) is 0 Å². The first kappa shape index (κ1) is 12.7. The second kappa shape index (κ2) is 4.83. The van der Waals surface area contributed by atoms with E-state index in [9.17, 15) is 9.59 Å². The minimum absolute atomic E-state index is 0.141. The van der Waals surface area contributed by atoms with E-state index in [1.165, 1.54) is 11.6 Å². The third-order valence-corrected chi connectivity index (χ3v) is 3.14. The van der Waals surface area contributed by atoms with Crippen LogP contribution < -0.4 is 22.4 Å². The van der Waals surface area contributed by atoms with Crippen molar-refractivity contribution in [3.63, 3.8) is 0 Å². The number of aromatic amines is 1. The van der Waals surface area contributed by atoms with Gasteiger partial charge >= 0.3 is 5.69 Å². The molecule has 0 saturated carbocycles. The number of aromatic nitrogens is 2. The van der Waals surface area contributed by atoms with Crippen LogP contribution in [0.3, 0.4) is 0 Å². The van der Waals surface area contributed by atoms with E-state index in [-0.39, 0.29) is 11.5 Å². The van der Waals surface area contributed by atoms with Gasteiger partial charge in [0, 0.05) is 33.2 Å². The molecule has 2 heterocycles. The third kappa shape index (κ3) is 2.39. The molecular formula is C10H18N6O2. The van der Waals surface area contributed by atoms with Gasteiger partial charge in [-0.3, -0.25) is 14.3 Å². The number of hydrogen-bond donors (Lipinski definition) is 3. The first-order valence-electron chi connectivity index (χ1n) is 5.78. The van der Waals surface area contributed by atoms with Crippen molar-refractivity contribution in [3.05, 3.63) is 20.8 Å².